The number of hydrogen-bond acceptors (Lipinski definition) is 5. The third-order valence-electron chi connectivity index (χ3n) is 5.39. The molecule has 2 saturated heterocycles. The van der Waals surface area contributed by atoms with E-state index in [-0.39, 0.29) is 17.8 Å². The predicted molar refractivity (Wildman–Crippen MR) is 94.3 cm³/mol. The molecule has 2 aromatic rings. The summed E-state index contributed by atoms with van der Waals surface area (Å²) < 4.78 is 18.6. The number of amides is 1. The molecule has 0 unspecified atom stereocenters. The Morgan fingerprint density at radius 2 is 2.00 bits per heavy atom. The molecule has 1 amide bonds. The van der Waals surface area contributed by atoms with E-state index in [1.165, 1.54) is 7.11 Å². The Kier molecular flexibility index (Phi) is 4.22. The molecule has 0 saturated carbocycles. The molecule has 1 aromatic heterocycles. The van der Waals surface area contributed by atoms with Gasteiger partial charge in [0, 0.05) is 38.4 Å². The van der Waals surface area contributed by atoms with Gasteiger partial charge in [0.1, 0.15) is 0 Å². The van der Waals surface area contributed by atoms with Crippen molar-refractivity contribution in [3.8, 4) is 5.88 Å². The molecule has 2 aliphatic heterocycles. The maximum atomic E-state index is 13.6. The molecule has 136 valence electrons. The van der Waals surface area contributed by atoms with Gasteiger partial charge in [0.2, 0.25) is 17.7 Å². The van der Waals surface area contributed by atoms with Gasteiger partial charge >= 0.3 is 0 Å². The average molecular weight is 356 g/mol. The zero-order chi connectivity index (χ0) is 18.3. The van der Waals surface area contributed by atoms with Crippen molar-refractivity contribution in [2.45, 2.75) is 13.0 Å². The number of likely N-dealkylation sites (tertiary alicyclic amines) is 1. The van der Waals surface area contributed by atoms with Gasteiger partial charge < -0.3 is 14.5 Å². The van der Waals surface area contributed by atoms with E-state index in [0.717, 1.165) is 24.8 Å². The maximum Gasteiger partial charge on any atom is 0.255 e. The van der Waals surface area contributed by atoms with Crippen LogP contribution >= 0.6 is 0 Å². The first-order valence-corrected chi connectivity index (χ1v) is 8.72. The highest BCUT2D eigenvalue weighted by atomic mass is 19.1. The van der Waals surface area contributed by atoms with Crippen LogP contribution in [0, 0.1) is 17.7 Å². The summed E-state index contributed by atoms with van der Waals surface area (Å²) in [5.74, 6) is 0.584. The molecule has 0 N–H and O–H groups in total. The first-order valence-electron chi connectivity index (χ1n) is 8.72. The second-order valence-corrected chi connectivity index (χ2v) is 6.88. The highest BCUT2D eigenvalue weighted by Crippen LogP contribution is 2.45. The summed E-state index contributed by atoms with van der Waals surface area (Å²) in [5.41, 5.74) is 1.15. The largest absolute Gasteiger partial charge is 0.479 e. The predicted octanol–water partition coefficient (Wildman–Crippen LogP) is 2.28. The summed E-state index contributed by atoms with van der Waals surface area (Å²) in [6.07, 6.45) is 1.14. The minimum absolute atomic E-state index is 0.0444. The lowest BCUT2D eigenvalue weighted by Crippen LogP contribution is -2.34. The minimum Gasteiger partial charge on any atom is -0.479 e. The number of rotatable bonds is 3. The number of halogens is 1. The van der Waals surface area contributed by atoms with Crippen LogP contribution in [0.1, 0.15) is 18.5 Å². The number of carbonyl (C=O) groups excluding carboxylic acids is 1. The Bertz CT molecular complexity index is 816. The van der Waals surface area contributed by atoms with Crippen molar-refractivity contribution in [3.05, 3.63) is 47.9 Å². The quantitative estimate of drug-likeness (QED) is 0.844. The molecule has 26 heavy (non-hydrogen) atoms. The van der Waals surface area contributed by atoms with Crippen molar-refractivity contribution >= 4 is 11.9 Å². The zero-order valence-corrected chi connectivity index (χ0v) is 14.8. The molecule has 3 heterocycles. The smallest absolute Gasteiger partial charge is 0.255 e. The second-order valence-electron chi connectivity index (χ2n) is 6.88. The van der Waals surface area contributed by atoms with E-state index in [2.05, 4.69) is 27.0 Å². The Hall–Kier alpha value is -2.70. The second kappa shape index (κ2) is 6.55. The maximum absolute atomic E-state index is 13.6. The monoisotopic (exact) mass is 356 g/mol. The summed E-state index contributed by atoms with van der Waals surface area (Å²) in [6.45, 7) is 3.81. The van der Waals surface area contributed by atoms with Crippen LogP contribution in [0.3, 0.4) is 0 Å². The summed E-state index contributed by atoms with van der Waals surface area (Å²) in [6, 6.07) is 10.2. The van der Waals surface area contributed by atoms with Crippen LogP contribution in [0.5, 0.6) is 5.88 Å². The number of carbonyl (C=O) groups is 1. The molecule has 2 aliphatic rings. The first kappa shape index (κ1) is 16.8. The van der Waals surface area contributed by atoms with Gasteiger partial charge in [0.05, 0.1) is 19.3 Å². The lowest BCUT2D eigenvalue weighted by molar-refractivity contribution is -0.130. The lowest BCUT2D eigenvalue weighted by atomic mass is 9.89. The van der Waals surface area contributed by atoms with Crippen LogP contribution in [0.25, 0.3) is 0 Å². The van der Waals surface area contributed by atoms with Gasteiger partial charge in [-0.2, -0.15) is 9.37 Å². The third-order valence-corrected chi connectivity index (χ3v) is 5.39. The number of ether oxygens (including phenoxy) is 1. The van der Waals surface area contributed by atoms with Gasteiger partial charge in [-0.25, -0.2) is 4.98 Å². The minimum atomic E-state index is -0.569. The van der Waals surface area contributed by atoms with Crippen molar-refractivity contribution in [2.75, 3.05) is 31.6 Å². The molecule has 0 radical (unpaired) electrons. The summed E-state index contributed by atoms with van der Waals surface area (Å²) in [7, 11) is 1.39. The van der Waals surface area contributed by atoms with E-state index in [0.29, 0.717) is 24.3 Å². The van der Waals surface area contributed by atoms with Crippen LogP contribution in [0.2, 0.25) is 0 Å². The van der Waals surface area contributed by atoms with Crippen LogP contribution in [0.4, 0.5) is 10.3 Å². The standard InChI is InChI=1S/C19H21FN4O2/c1-12(25)24-10-14-9-23(19-21-8-16(20)18(22-19)26-2)11-15(14)17(24)13-6-4-3-5-7-13/h3-8,14-15,17H,9-11H2,1-2H3/t14-,15-,17+/m1/s1. The van der Waals surface area contributed by atoms with Crippen molar-refractivity contribution in [1.82, 2.24) is 14.9 Å². The number of fused-ring (bicyclic) bond motifs is 1. The fourth-order valence-corrected chi connectivity index (χ4v) is 4.25. The van der Waals surface area contributed by atoms with Crippen LogP contribution < -0.4 is 9.64 Å². The molecule has 1 aromatic carbocycles. The number of anilines is 1. The van der Waals surface area contributed by atoms with E-state index in [1.807, 2.05) is 23.1 Å². The zero-order valence-electron chi connectivity index (χ0n) is 14.8. The van der Waals surface area contributed by atoms with Crippen LogP contribution in [-0.2, 0) is 4.79 Å². The van der Waals surface area contributed by atoms with E-state index in [9.17, 15) is 9.18 Å². The third kappa shape index (κ3) is 2.77. The van der Waals surface area contributed by atoms with E-state index in [4.69, 9.17) is 4.74 Å². The number of methoxy groups -OCH3 is 1. The normalized spacial score (nSPS) is 24.7. The molecular formula is C19H21FN4O2. The van der Waals surface area contributed by atoms with Gasteiger partial charge in [-0.05, 0) is 5.56 Å². The molecule has 3 atom stereocenters. The van der Waals surface area contributed by atoms with Gasteiger partial charge in [0.25, 0.3) is 5.88 Å². The van der Waals surface area contributed by atoms with Crippen molar-refractivity contribution in [2.24, 2.45) is 11.8 Å². The molecule has 4 rings (SSSR count). The van der Waals surface area contributed by atoms with Gasteiger partial charge in [0.15, 0.2) is 0 Å². The van der Waals surface area contributed by atoms with Crippen LogP contribution in [0.15, 0.2) is 36.5 Å². The molecule has 6 nitrogen and oxygen atoms in total. The number of aromatic nitrogens is 2. The highest BCUT2D eigenvalue weighted by molar-refractivity contribution is 5.74. The number of hydrogen-bond donors (Lipinski definition) is 0. The van der Waals surface area contributed by atoms with E-state index < -0.39 is 5.82 Å². The van der Waals surface area contributed by atoms with Gasteiger partial charge in [-0.1, -0.05) is 30.3 Å². The van der Waals surface area contributed by atoms with E-state index >= 15 is 0 Å². The van der Waals surface area contributed by atoms with E-state index in [1.54, 1.807) is 6.92 Å². The summed E-state index contributed by atoms with van der Waals surface area (Å²) in [5, 5.41) is 0. The number of benzene rings is 1. The average Bonchev–Trinajstić information content (AvgIpc) is 3.20. The van der Waals surface area contributed by atoms with Crippen molar-refractivity contribution in [1.29, 1.82) is 0 Å². The fourth-order valence-electron chi connectivity index (χ4n) is 4.25. The molecular weight excluding hydrogens is 335 g/mol. The van der Waals surface area contributed by atoms with Gasteiger partial charge in [-0.15, -0.1) is 0 Å². The Morgan fingerprint density at radius 1 is 1.23 bits per heavy atom. The number of nitrogens with zero attached hydrogens (tertiary/aromatic N) is 4. The van der Waals surface area contributed by atoms with Gasteiger partial charge in [-0.3, -0.25) is 4.79 Å². The molecule has 0 spiro atoms. The Balaban J connectivity index is 1.62. The van der Waals surface area contributed by atoms with Crippen molar-refractivity contribution < 1.29 is 13.9 Å². The SMILES string of the molecule is COc1nc(N2C[C@@H]3CN(C(C)=O)[C@@H](c4ccccc4)[C@@H]3C2)ncc1F. The summed E-state index contributed by atoms with van der Waals surface area (Å²) in [4.78, 5) is 24.5. The highest BCUT2D eigenvalue weighted by Gasteiger charge is 2.48. The molecule has 2 fully saturated rings. The van der Waals surface area contributed by atoms with Crippen molar-refractivity contribution in [3.63, 3.8) is 0 Å². The molecule has 7 heteroatoms. The fraction of sp³-hybridized carbons (Fsp3) is 0.421. The molecule has 0 aliphatic carbocycles. The lowest BCUT2D eigenvalue weighted by Gasteiger charge is -2.29. The Labute approximate surface area is 151 Å². The molecule has 0 bridgehead atoms. The topological polar surface area (TPSA) is 58.6 Å². The summed E-state index contributed by atoms with van der Waals surface area (Å²) >= 11 is 0. The first-order chi connectivity index (χ1) is 12.6. The van der Waals surface area contributed by atoms with Crippen LogP contribution in [-0.4, -0.2) is 47.5 Å². The Morgan fingerprint density at radius 3 is 2.69 bits per heavy atom.